The third kappa shape index (κ3) is 3.93. The zero-order valence-corrected chi connectivity index (χ0v) is 19.1. The van der Waals surface area contributed by atoms with Gasteiger partial charge in [-0.25, -0.2) is 0 Å². The highest BCUT2D eigenvalue weighted by Crippen LogP contribution is 2.41. The first kappa shape index (κ1) is 22.1. The number of ether oxygens (including phenoxy) is 5. The Bertz CT molecular complexity index is 1280. The summed E-state index contributed by atoms with van der Waals surface area (Å²) in [6, 6.07) is 16.0. The van der Waals surface area contributed by atoms with E-state index in [1.807, 2.05) is 30.3 Å². The normalized spacial score (nSPS) is 10.7. The number of hydrogen-bond acceptors (Lipinski definition) is 7. The molecule has 0 aliphatic heterocycles. The van der Waals surface area contributed by atoms with Crippen LogP contribution in [0.2, 0.25) is 0 Å². The third-order valence-corrected chi connectivity index (χ3v) is 5.40. The van der Waals surface area contributed by atoms with Crippen LogP contribution >= 0.6 is 0 Å². The summed E-state index contributed by atoms with van der Waals surface area (Å²) in [4.78, 5) is 13.9. The number of rotatable bonds is 8. The number of ketones is 1. The maximum absolute atomic E-state index is 13.9. The fourth-order valence-corrected chi connectivity index (χ4v) is 3.73. The lowest BCUT2D eigenvalue weighted by Gasteiger charge is -2.14. The van der Waals surface area contributed by atoms with Crippen molar-refractivity contribution in [2.75, 3.05) is 35.5 Å². The zero-order chi connectivity index (χ0) is 23.5. The van der Waals surface area contributed by atoms with Gasteiger partial charge < -0.3 is 28.1 Å². The van der Waals surface area contributed by atoms with Crippen molar-refractivity contribution in [1.29, 1.82) is 0 Å². The van der Waals surface area contributed by atoms with Crippen LogP contribution in [0.25, 0.3) is 22.3 Å². The SMILES string of the molecule is COc1ccc(-c2oc3cc(OC)ccc3c2C(=O)c2cc(OC)c(OC)c(OC)c2)cc1. The maximum Gasteiger partial charge on any atom is 0.203 e. The quantitative estimate of drug-likeness (QED) is 0.335. The molecule has 0 N–H and O–H groups in total. The molecule has 0 bridgehead atoms. The van der Waals surface area contributed by atoms with Crippen LogP contribution in [0.5, 0.6) is 28.7 Å². The Labute approximate surface area is 191 Å². The van der Waals surface area contributed by atoms with E-state index in [9.17, 15) is 4.79 Å². The average Bonchev–Trinajstić information content (AvgIpc) is 3.25. The van der Waals surface area contributed by atoms with Crippen LogP contribution in [0.4, 0.5) is 0 Å². The van der Waals surface area contributed by atoms with Gasteiger partial charge in [-0.2, -0.15) is 0 Å². The Morgan fingerprint density at radius 1 is 0.697 bits per heavy atom. The number of methoxy groups -OCH3 is 5. The fourth-order valence-electron chi connectivity index (χ4n) is 3.73. The van der Waals surface area contributed by atoms with E-state index in [0.29, 0.717) is 56.6 Å². The highest BCUT2D eigenvalue weighted by molar-refractivity contribution is 6.20. The largest absolute Gasteiger partial charge is 0.497 e. The molecule has 0 aliphatic carbocycles. The number of furan rings is 1. The summed E-state index contributed by atoms with van der Waals surface area (Å²) in [6.45, 7) is 0. The Balaban J connectivity index is 1.94. The minimum atomic E-state index is -0.246. The minimum Gasteiger partial charge on any atom is -0.497 e. The summed E-state index contributed by atoms with van der Waals surface area (Å²) >= 11 is 0. The van der Waals surface area contributed by atoms with Gasteiger partial charge >= 0.3 is 0 Å². The molecule has 0 fully saturated rings. The number of fused-ring (bicyclic) bond motifs is 1. The molecule has 0 unspecified atom stereocenters. The molecule has 1 heterocycles. The van der Waals surface area contributed by atoms with Gasteiger partial charge in [0.15, 0.2) is 17.3 Å². The van der Waals surface area contributed by atoms with E-state index in [0.717, 1.165) is 5.56 Å². The van der Waals surface area contributed by atoms with E-state index in [2.05, 4.69) is 0 Å². The lowest BCUT2D eigenvalue weighted by Crippen LogP contribution is -2.05. The van der Waals surface area contributed by atoms with Crippen LogP contribution in [0.15, 0.2) is 59.0 Å². The molecule has 7 nitrogen and oxygen atoms in total. The molecular weight excluding hydrogens is 424 g/mol. The molecule has 0 spiro atoms. The standard InChI is InChI=1S/C26H24O7/c1-28-17-8-6-15(7-9-17)25-23(19-11-10-18(29-2)14-20(19)33-25)24(27)16-12-21(30-3)26(32-5)22(13-16)31-4/h6-14H,1-5H3. The molecule has 170 valence electrons. The summed E-state index contributed by atoms with van der Waals surface area (Å²) in [5.74, 6) is 2.72. The zero-order valence-electron chi connectivity index (χ0n) is 19.1. The number of carbonyl (C=O) groups excluding carboxylic acids is 1. The molecule has 1 aromatic heterocycles. The third-order valence-electron chi connectivity index (χ3n) is 5.40. The first-order valence-electron chi connectivity index (χ1n) is 10.1. The number of benzene rings is 3. The molecule has 0 saturated heterocycles. The number of carbonyl (C=O) groups is 1. The van der Waals surface area contributed by atoms with Crippen LogP contribution in [0.3, 0.4) is 0 Å². The second-order valence-corrected chi connectivity index (χ2v) is 7.14. The van der Waals surface area contributed by atoms with E-state index in [1.54, 1.807) is 38.5 Å². The average molecular weight is 448 g/mol. The van der Waals surface area contributed by atoms with Gasteiger partial charge in [-0.1, -0.05) is 0 Å². The topological polar surface area (TPSA) is 76.4 Å². The summed E-state index contributed by atoms with van der Waals surface area (Å²) < 4.78 is 33.0. The smallest absolute Gasteiger partial charge is 0.203 e. The van der Waals surface area contributed by atoms with Crippen molar-refractivity contribution < 1.29 is 32.9 Å². The van der Waals surface area contributed by atoms with Gasteiger partial charge in [0.25, 0.3) is 0 Å². The molecule has 0 radical (unpaired) electrons. The van der Waals surface area contributed by atoms with Gasteiger partial charge in [-0.3, -0.25) is 4.79 Å². The number of hydrogen-bond donors (Lipinski definition) is 0. The molecule has 3 aromatic carbocycles. The Morgan fingerprint density at radius 2 is 1.30 bits per heavy atom. The second-order valence-electron chi connectivity index (χ2n) is 7.14. The van der Waals surface area contributed by atoms with Crippen LogP contribution in [-0.4, -0.2) is 41.3 Å². The van der Waals surface area contributed by atoms with Gasteiger partial charge in [0.1, 0.15) is 22.8 Å². The summed E-state index contributed by atoms with van der Waals surface area (Å²) in [6.07, 6.45) is 0. The van der Waals surface area contributed by atoms with Crippen molar-refractivity contribution in [2.24, 2.45) is 0 Å². The minimum absolute atomic E-state index is 0.246. The molecule has 0 amide bonds. The predicted molar refractivity (Wildman–Crippen MR) is 124 cm³/mol. The molecule has 33 heavy (non-hydrogen) atoms. The van der Waals surface area contributed by atoms with Crippen molar-refractivity contribution in [3.63, 3.8) is 0 Å². The first-order chi connectivity index (χ1) is 16.0. The van der Waals surface area contributed by atoms with Crippen LogP contribution in [0, 0.1) is 0 Å². The van der Waals surface area contributed by atoms with Crippen LogP contribution < -0.4 is 23.7 Å². The highest BCUT2D eigenvalue weighted by Gasteiger charge is 2.26. The van der Waals surface area contributed by atoms with Crippen molar-refractivity contribution in [2.45, 2.75) is 0 Å². The van der Waals surface area contributed by atoms with Crippen molar-refractivity contribution in [1.82, 2.24) is 0 Å². The summed E-state index contributed by atoms with van der Waals surface area (Å²) in [5, 5.41) is 0.667. The Kier molecular flexibility index (Phi) is 6.13. The molecule has 0 aliphatic rings. The molecule has 7 heteroatoms. The maximum atomic E-state index is 13.9. The van der Waals surface area contributed by atoms with E-state index in [4.69, 9.17) is 28.1 Å². The van der Waals surface area contributed by atoms with Crippen molar-refractivity contribution in [3.8, 4) is 40.1 Å². The Morgan fingerprint density at radius 3 is 1.85 bits per heavy atom. The first-order valence-corrected chi connectivity index (χ1v) is 10.1. The molecular formula is C26H24O7. The van der Waals surface area contributed by atoms with Gasteiger partial charge in [0.05, 0.1) is 41.1 Å². The molecule has 4 aromatic rings. The highest BCUT2D eigenvalue weighted by atomic mass is 16.5. The van der Waals surface area contributed by atoms with E-state index in [1.165, 1.54) is 21.3 Å². The monoisotopic (exact) mass is 448 g/mol. The molecule has 0 saturated carbocycles. The van der Waals surface area contributed by atoms with Gasteiger partial charge in [0, 0.05) is 22.6 Å². The summed E-state index contributed by atoms with van der Waals surface area (Å²) in [7, 11) is 7.71. The lowest BCUT2D eigenvalue weighted by atomic mass is 9.96. The van der Waals surface area contributed by atoms with E-state index < -0.39 is 0 Å². The van der Waals surface area contributed by atoms with Gasteiger partial charge in [-0.05, 0) is 48.5 Å². The van der Waals surface area contributed by atoms with E-state index in [-0.39, 0.29) is 5.78 Å². The van der Waals surface area contributed by atoms with Crippen LogP contribution in [-0.2, 0) is 0 Å². The fraction of sp³-hybridized carbons (Fsp3) is 0.192. The van der Waals surface area contributed by atoms with Crippen molar-refractivity contribution in [3.05, 3.63) is 65.7 Å². The second kappa shape index (κ2) is 9.16. The predicted octanol–water partition coefficient (Wildman–Crippen LogP) is 5.37. The Hall–Kier alpha value is -4.13. The van der Waals surface area contributed by atoms with Crippen LogP contribution in [0.1, 0.15) is 15.9 Å². The van der Waals surface area contributed by atoms with Gasteiger partial charge in [0.2, 0.25) is 5.75 Å². The summed E-state index contributed by atoms with van der Waals surface area (Å²) in [5.41, 5.74) is 2.07. The molecule has 0 atom stereocenters. The van der Waals surface area contributed by atoms with Crippen molar-refractivity contribution >= 4 is 16.8 Å². The van der Waals surface area contributed by atoms with Gasteiger partial charge in [-0.15, -0.1) is 0 Å². The lowest BCUT2D eigenvalue weighted by molar-refractivity contribution is 0.103. The van der Waals surface area contributed by atoms with E-state index >= 15 is 0 Å². The molecule has 4 rings (SSSR count).